The van der Waals surface area contributed by atoms with E-state index in [2.05, 4.69) is 31.2 Å². The summed E-state index contributed by atoms with van der Waals surface area (Å²) in [6.07, 6.45) is 0. The van der Waals surface area contributed by atoms with Gasteiger partial charge in [-0.15, -0.1) is 0 Å². The fraction of sp³-hybridized carbons (Fsp3) is 0.250. The largest absolute Gasteiger partial charge is 0.486 e. The summed E-state index contributed by atoms with van der Waals surface area (Å²) in [6.45, 7) is 3.92. The number of rotatable bonds is 3. The van der Waals surface area contributed by atoms with E-state index < -0.39 is 0 Å². The van der Waals surface area contributed by atoms with Crippen molar-refractivity contribution >= 4 is 11.8 Å². The number of ether oxygens (including phenoxy) is 2. The number of nitrogens with two attached hydrogens (primary N) is 1. The van der Waals surface area contributed by atoms with Gasteiger partial charge in [-0.3, -0.25) is 0 Å². The minimum atomic E-state index is 0.584. The van der Waals surface area contributed by atoms with Crippen LogP contribution in [0, 0.1) is 6.92 Å². The monoisotopic (exact) mass is 287 g/mol. The highest BCUT2D eigenvalue weighted by Crippen LogP contribution is 2.37. The average Bonchev–Trinajstić information content (AvgIpc) is 2.47. The molecule has 3 nitrogen and oxygen atoms in total. The van der Waals surface area contributed by atoms with E-state index in [9.17, 15) is 0 Å². The Kier molecular flexibility index (Phi) is 3.85. The molecule has 104 valence electrons. The van der Waals surface area contributed by atoms with Crippen molar-refractivity contribution in [2.24, 2.45) is 5.73 Å². The molecule has 0 amide bonds. The van der Waals surface area contributed by atoms with E-state index in [1.165, 1.54) is 16.0 Å². The minimum absolute atomic E-state index is 0.584. The third-order valence-corrected chi connectivity index (χ3v) is 4.26. The molecule has 0 fully saturated rings. The lowest BCUT2D eigenvalue weighted by molar-refractivity contribution is 0.171. The number of hydrogen-bond donors (Lipinski definition) is 1. The molecule has 20 heavy (non-hydrogen) atoms. The summed E-state index contributed by atoms with van der Waals surface area (Å²) >= 11 is 1.72. The molecule has 3 rings (SSSR count). The van der Waals surface area contributed by atoms with Gasteiger partial charge in [0.15, 0.2) is 11.5 Å². The summed E-state index contributed by atoms with van der Waals surface area (Å²) in [7, 11) is 0. The number of hydrogen-bond acceptors (Lipinski definition) is 4. The third kappa shape index (κ3) is 2.76. The molecular formula is C16H17NO2S. The van der Waals surface area contributed by atoms with Crippen LogP contribution < -0.4 is 15.2 Å². The van der Waals surface area contributed by atoms with Crippen LogP contribution in [0.5, 0.6) is 11.5 Å². The van der Waals surface area contributed by atoms with Gasteiger partial charge in [0.05, 0.1) is 0 Å². The molecule has 0 saturated carbocycles. The first-order chi connectivity index (χ1) is 9.76. The van der Waals surface area contributed by atoms with Gasteiger partial charge in [-0.1, -0.05) is 17.8 Å². The Morgan fingerprint density at radius 1 is 1.00 bits per heavy atom. The maximum atomic E-state index is 5.69. The van der Waals surface area contributed by atoms with Crippen molar-refractivity contribution in [1.82, 2.24) is 0 Å². The van der Waals surface area contributed by atoms with E-state index in [0.717, 1.165) is 16.4 Å². The van der Waals surface area contributed by atoms with E-state index >= 15 is 0 Å². The standard InChI is InChI=1S/C16H17NO2S/c1-11-8-13(3-2-12(11)10-17)20-14-4-5-15-16(9-14)19-7-6-18-15/h2-5,8-9H,6-7,10,17H2,1H3. The summed E-state index contributed by atoms with van der Waals surface area (Å²) < 4.78 is 11.1. The van der Waals surface area contributed by atoms with Crippen molar-refractivity contribution in [3.8, 4) is 11.5 Å². The van der Waals surface area contributed by atoms with Crippen molar-refractivity contribution < 1.29 is 9.47 Å². The fourth-order valence-corrected chi connectivity index (χ4v) is 3.13. The molecule has 0 aromatic heterocycles. The number of fused-ring (bicyclic) bond motifs is 1. The van der Waals surface area contributed by atoms with Crippen molar-refractivity contribution in [3.63, 3.8) is 0 Å². The summed E-state index contributed by atoms with van der Waals surface area (Å²) in [5.74, 6) is 1.66. The zero-order valence-corrected chi connectivity index (χ0v) is 12.2. The van der Waals surface area contributed by atoms with Gasteiger partial charge in [-0.25, -0.2) is 0 Å². The lowest BCUT2D eigenvalue weighted by atomic mass is 10.1. The Morgan fingerprint density at radius 3 is 2.45 bits per heavy atom. The lowest BCUT2D eigenvalue weighted by Crippen LogP contribution is -2.15. The highest BCUT2D eigenvalue weighted by atomic mass is 32.2. The van der Waals surface area contributed by atoms with Crippen LogP contribution in [-0.4, -0.2) is 13.2 Å². The Balaban J connectivity index is 1.82. The predicted octanol–water partition coefficient (Wildman–Crippen LogP) is 3.38. The highest BCUT2D eigenvalue weighted by molar-refractivity contribution is 7.99. The van der Waals surface area contributed by atoms with Gasteiger partial charge in [0.1, 0.15) is 13.2 Å². The van der Waals surface area contributed by atoms with Crippen LogP contribution in [0.25, 0.3) is 0 Å². The molecule has 4 heteroatoms. The third-order valence-electron chi connectivity index (χ3n) is 3.28. The van der Waals surface area contributed by atoms with E-state index in [-0.39, 0.29) is 0 Å². The summed E-state index contributed by atoms with van der Waals surface area (Å²) in [4.78, 5) is 2.35. The first-order valence-corrected chi connectivity index (χ1v) is 7.45. The maximum Gasteiger partial charge on any atom is 0.162 e. The first-order valence-electron chi connectivity index (χ1n) is 6.63. The normalized spacial score (nSPS) is 13.3. The summed E-state index contributed by atoms with van der Waals surface area (Å²) in [5, 5.41) is 0. The zero-order chi connectivity index (χ0) is 13.9. The molecule has 0 radical (unpaired) electrons. The van der Waals surface area contributed by atoms with Crippen molar-refractivity contribution in [2.45, 2.75) is 23.3 Å². The Bertz CT molecular complexity index is 628. The quantitative estimate of drug-likeness (QED) is 0.940. The van der Waals surface area contributed by atoms with Crippen LogP contribution in [0.2, 0.25) is 0 Å². The van der Waals surface area contributed by atoms with Crippen molar-refractivity contribution in [2.75, 3.05) is 13.2 Å². The van der Waals surface area contributed by atoms with E-state index in [1.54, 1.807) is 11.8 Å². The molecule has 2 N–H and O–H groups in total. The van der Waals surface area contributed by atoms with Gasteiger partial charge < -0.3 is 15.2 Å². The number of benzene rings is 2. The Morgan fingerprint density at radius 2 is 1.70 bits per heavy atom. The molecule has 0 bridgehead atoms. The van der Waals surface area contributed by atoms with Gasteiger partial charge in [-0.2, -0.15) is 0 Å². The van der Waals surface area contributed by atoms with Crippen molar-refractivity contribution in [1.29, 1.82) is 0 Å². The number of aryl methyl sites for hydroxylation is 1. The van der Waals surface area contributed by atoms with Gasteiger partial charge in [0, 0.05) is 16.3 Å². The second kappa shape index (κ2) is 5.77. The summed E-state index contributed by atoms with van der Waals surface area (Å²) in [5.41, 5.74) is 8.12. The predicted molar refractivity (Wildman–Crippen MR) is 80.6 cm³/mol. The van der Waals surface area contributed by atoms with Crippen LogP contribution in [-0.2, 0) is 6.54 Å². The first kappa shape index (κ1) is 13.3. The smallest absolute Gasteiger partial charge is 0.162 e. The maximum absolute atomic E-state index is 5.69. The van der Waals surface area contributed by atoms with Gasteiger partial charge in [0.2, 0.25) is 0 Å². The molecule has 0 spiro atoms. The van der Waals surface area contributed by atoms with Crippen molar-refractivity contribution in [3.05, 3.63) is 47.5 Å². The van der Waals surface area contributed by atoms with Crippen LogP contribution in [0.3, 0.4) is 0 Å². The SMILES string of the molecule is Cc1cc(Sc2ccc3c(c2)OCCO3)ccc1CN. The summed E-state index contributed by atoms with van der Waals surface area (Å²) in [6, 6.07) is 12.4. The molecule has 0 atom stereocenters. The molecule has 2 aromatic rings. The molecule has 0 unspecified atom stereocenters. The molecule has 1 heterocycles. The van der Waals surface area contributed by atoms with Gasteiger partial charge in [0.25, 0.3) is 0 Å². The van der Waals surface area contributed by atoms with Gasteiger partial charge in [-0.05, 0) is 48.4 Å². The Labute approximate surface area is 123 Å². The molecule has 1 aliphatic rings. The second-order valence-electron chi connectivity index (χ2n) is 4.70. The lowest BCUT2D eigenvalue weighted by Gasteiger charge is -2.18. The van der Waals surface area contributed by atoms with Crippen LogP contribution in [0.4, 0.5) is 0 Å². The topological polar surface area (TPSA) is 44.5 Å². The molecular weight excluding hydrogens is 270 g/mol. The van der Waals surface area contributed by atoms with Crippen LogP contribution in [0.1, 0.15) is 11.1 Å². The van der Waals surface area contributed by atoms with Gasteiger partial charge >= 0.3 is 0 Å². The molecule has 0 saturated heterocycles. The molecule has 1 aliphatic heterocycles. The Hall–Kier alpha value is -1.65. The molecule has 0 aliphatic carbocycles. The fourth-order valence-electron chi connectivity index (χ4n) is 2.18. The van der Waals surface area contributed by atoms with E-state index in [0.29, 0.717) is 19.8 Å². The second-order valence-corrected chi connectivity index (χ2v) is 5.85. The van der Waals surface area contributed by atoms with Crippen LogP contribution >= 0.6 is 11.8 Å². The minimum Gasteiger partial charge on any atom is -0.486 e. The van der Waals surface area contributed by atoms with Crippen LogP contribution in [0.15, 0.2) is 46.2 Å². The van der Waals surface area contributed by atoms with E-state index in [4.69, 9.17) is 15.2 Å². The average molecular weight is 287 g/mol. The zero-order valence-electron chi connectivity index (χ0n) is 11.4. The van der Waals surface area contributed by atoms with E-state index in [1.807, 2.05) is 12.1 Å². The molecule has 2 aromatic carbocycles. The highest BCUT2D eigenvalue weighted by Gasteiger charge is 2.12.